The van der Waals surface area contributed by atoms with Crippen molar-refractivity contribution >= 4 is 23.3 Å². The van der Waals surface area contributed by atoms with Crippen LogP contribution in [0.2, 0.25) is 0 Å². The van der Waals surface area contributed by atoms with Gasteiger partial charge in [0, 0.05) is 28.8 Å². The summed E-state index contributed by atoms with van der Waals surface area (Å²) in [7, 11) is 0. The van der Waals surface area contributed by atoms with Crippen LogP contribution in [0.3, 0.4) is 0 Å². The highest BCUT2D eigenvalue weighted by molar-refractivity contribution is 7.98. The average molecular weight is 340 g/mol. The minimum Gasteiger partial charge on any atom is -0.382 e. The number of thioether (sulfide) groups is 1. The Bertz CT molecular complexity index is 823. The van der Waals surface area contributed by atoms with Crippen molar-refractivity contribution in [1.29, 1.82) is 0 Å². The van der Waals surface area contributed by atoms with Gasteiger partial charge in [0.1, 0.15) is 11.6 Å². The maximum absolute atomic E-state index is 6.01. The topological polar surface area (TPSA) is 77.0 Å². The first-order valence-electron chi connectivity index (χ1n) is 7.64. The number of nitrogen functional groups attached to an aromatic ring is 1. The molecule has 0 saturated carbocycles. The quantitative estimate of drug-likeness (QED) is 0.676. The number of nitrogens with one attached hydrogen (secondary N) is 1. The number of benzene rings is 1. The monoisotopic (exact) mass is 340 g/mol. The molecule has 124 valence electrons. The maximum Gasteiger partial charge on any atom is 0.146 e. The van der Waals surface area contributed by atoms with E-state index in [1.807, 2.05) is 19.9 Å². The molecule has 2 heterocycles. The van der Waals surface area contributed by atoms with Crippen molar-refractivity contribution < 1.29 is 4.52 Å². The molecule has 0 amide bonds. The highest BCUT2D eigenvalue weighted by Crippen LogP contribution is 2.30. The fraction of sp³-hybridized carbons (Fsp3) is 0.222. The van der Waals surface area contributed by atoms with Crippen LogP contribution in [0.5, 0.6) is 0 Å². The van der Waals surface area contributed by atoms with Crippen LogP contribution < -0.4 is 11.1 Å². The molecule has 0 saturated heterocycles. The molecule has 2 aromatic heterocycles. The van der Waals surface area contributed by atoms with Crippen LogP contribution in [0.4, 0.5) is 11.5 Å². The summed E-state index contributed by atoms with van der Waals surface area (Å²) in [6, 6.07) is 10.4. The first-order valence-corrected chi connectivity index (χ1v) is 8.86. The molecule has 3 rings (SSSR count). The van der Waals surface area contributed by atoms with Gasteiger partial charge in [-0.1, -0.05) is 17.3 Å². The smallest absolute Gasteiger partial charge is 0.146 e. The highest BCUT2D eigenvalue weighted by Gasteiger charge is 2.13. The molecule has 5 nitrogen and oxygen atoms in total. The molecule has 0 aliphatic rings. The van der Waals surface area contributed by atoms with E-state index in [1.54, 1.807) is 18.0 Å². The van der Waals surface area contributed by atoms with Gasteiger partial charge in [-0.15, -0.1) is 11.8 Å². The van der Waals surface area contributed by atoms with Crippen LogP contribution in [-0.4, -0.2) is 16.4 Å². The predicted octanol–water partition coefficient (Wildman–Crippen LogP) is 4.27. The molecule has 3 aromatic rings. The molecule has 0 bridgehead atoms. The number of hydrogen-bond acceptors (Lipinski definition) is 6. The SMILES string of the molecule is CSc1ccc(CNc2cc(-c3c(C)noc3C)cnc2N)cc1. The van der Waals surface area contributed by atoms with Crippen molar-refractivity contribution in [2.24, 2.45) is 0 Å². The van der Waals surface area contributed by atoms with Crippen LogP contribution in [0.1, 0.15) is 17.0 Å². The molecule has 0 unspecified atom stereocenters. The zero-order valence-corrected chi connectivity index (χ0v) is 14.8. The summed E-state index contributed by atoms with van der Waals surface area (Å²) in [5.41, 5.74) is 10.8. The molecule has 0 fully saturated rings. The van der Waals surface area contributed by atoms with Crippen LogP contribution in [0, 0.1) is 13.8 Å². The third-order valence-corrected chi connectivity index (χ3v) is 4.63. The number of nitrogens with two attached hydrogens (primary N) is 1. The Morgan fingerprint density at radius 1 is 1.21 bits per heavy atom. The fourth-order valence-electron chi connectivity index (χ4n) is 2.59. The normalized spacial score (nSPS) is 10.8. The van der Waals surface area contributed by atoms with Gasteiger partial charge >= 0.3 is 0 Å². The molecule has 0 radical (unpaired) electrons. The Labute approximate surface area is 145 Å². The van der Waals surface area contributed by atoms with Gasteiger partial charge in [0.2, 0.25) is 0 Å². The molecule has 0 spiro atoms. The average Bonchev–Trinajstić information content (AvgIpc) is 2.93. The molecule has 3 N–H and O–H groups in total. The summed E-state index contributed by atoms with van der Waals surface area (Å²) in [5.74, 6) is 1.25. The largest absolute Gasteiger partial charge is 0.382 e. The van der Waals surface area contributed by atoms with Gasteiger partial charge in [-0.25, -0.2) is 4.98 Å². The zero-order chi connectivity index (χ0) is 17.1. The van der Waals surface area contributed by atoms with Crippen molar-refractivity contribution in [2.75, 3.05) is 17.3 Å². The van der Waals surface area contributed by atoms with E-state index in [4.69, 9.17) is 10.3 Å². The molecule has 1 aromatic carbocycles. The summed E-state index contributed by atoms with van der Waals surface area (Å²) in [6.45, 7) is 4.50. The summed E-state index contributed by atoms with van der Waals surface area (Å²) in [5, 5.41) is 7.36. The summed E-state index contributed by atoms with van der Waals surface area (Å²) < 4.78 is 5.24. The van der Waals surface area contributed by atoms with Crippen LogP contribution in [0.25, 0.3) is 11.1 Å². The van der Waals surface area contributed by atoms with Gasteiger partial charge in [0.25, 0.3) is 0 Å². The first kappa shape index (κ1) is 16.4. The van der Waals surface area contributed by atoms with Gasteiger partial charge in [0.05, 0.1) is 11.4 Å². The summed E-state index contributed by atoms with van der Waals surface area (Å²) >= 11 is 1.73. The van der Waals surface area contributed by atoms with E-state index in [9.17, 15) is 0 Å². The van der Waals surface area contributed by atoms with E-state index in [0.29, 0.717) is 12.4 Å². The van der Waals surface area contributed by atoms with Crippen molar-refractivity contribution in [3.05, 3.63) is 53.5 Å². The molecular formula is C18H20N4OS. The minimum atomic E-state index is 0.478. The number of hydrogen-bond donors (Lipinski definition) is 2. The zero-order valence-electron chi connectivity index (χ0n) is 14.0. The van der Waals surface area contributed by atoms with Gasteiger partial charge in [-0.05, 0) is 43.9 Å². The number of rotatable bonds is 5. The van der Waals surface area contributed by atoms with Crippen molar-refractivity contribution in [3.63, 3.8) is 0 Å². The molecule has 0 atom stereocenters. The lowest BCUT2D eigenvalue weighted by Gasteiger charge is -2.11. The van der Waals surface area contributed by atoms with E-state index < -0.39 is 0 Å². The Balaban J connectivity index is 1.81. The second-order valence-electron chi connectivity index (χ2n) is 5.56. The van der Waals surface area contributed by atoms with E-state index in [0.717, 1.165) is 28.3 Å². The van der Waals surface area contributed by atoms with E-state index >= 15 is 0 Å². The van der Waals surface area contributed by atoms with E-state index in [1.165, 1.54) is 10.5 Å². The minimum absolute atomic E-state index is 0.478. The predicted molar refractivity (Wildman–Crippen MR) is 99.2 cm³/mol. The van der Waals surface area contributed by atoms with Gasteiger partial charge in [0.15, 0.2) is 0 Å². The summed E-state index contributed by atoms with van der Waals surface area (Å²) in [4.78, 5) is 5.55. The van der Waals surface area contributed by atoms with Gasteiger partial charge < -0.3 is 15.6 Å². The number of nitrogens with zero attached hydrogens (tertiary/aromatic N) is 2. The number of anilines is 2. The lowest BCUT2D eigenvalue weighted by atomic mass is 10.1. The lowest BCUT2D eigenvalue weighted by Crippen LogP contribution is -2.04. The second kappa shape index (κ2) is 6.97. The number of aryl methyl sites for hydroxylation is 2. The Kier molecular flexibility index (Phi) is 4.76. The standard InChI is InChI=1S/C18H20N4OS/c1-11-17(12(2)23-22-11)14-8-16(18(19)21-10-14)20-9-13-4-6-15(24-3)7-5-13/h4-8,10,20H,9H2,1-3H3,(H2,19,21). The lowest BCUT2D eigenvalue weighted by molar-refractivity contribution is 0.393. The van der Waals surface area contributed by atoms with Crippen LogP contribution in [-0.2, 0) is 6.54 Å². The first-order chi connectivity index (χ1) is 11.6. The molecular weight excluding hydrogens is 320 g/mol. The number of aromatic nitrogens is 2. The Hall–Kier alpha value is -2.47. The number of pyridine rings is 1. The Morgan fingerprint density at radius 2 is 1.96 bits per heavy atom. The molecule has 6 heteroatoms. The van der Waals surface area contributed by atoms with E-state index in [-0.39, 0.29) is 0 Å². The van der Waals surface area contributed by atoms with Gasteiger partial charge in [-0.2, -0.15) is 0 Å². The van der Waals surface area contributed by atoms with Crippen molar-refractivity contribution in [2.45, 2.75) is 25.3 Å². The maximum atomic E-state index is 6.01. The van der Waals surface area contributed by atoms with Crippen LogP contribution >= 0.6 is 11.8 Å². The third kappa shape index (κ3) is 3.38. The van der Waals surface area contributed by atoms with Crippen molar-refractivity contribution in [1.82, 2.24) is 10.1 Å². The molecule has 0 aliphatic heterocycles. The molecule has 24 heavy (non-hydrogen) atoms. The third-order valence-electron chi connectivity index (χ3n) is 3.88. The van der Waals surface area contributed by atoms with Crippen molar-refractivity contribution in [3.8, 4) is 11.1 Å². The molecule has 0 aliphatic carbocycles. The second-order valence-corrected chi connectivity index (χ2v) is 6.44. The fourth-order valence-corrected chi connectivity index (χ4v) is 3.00. The Morgan fingerprint density at radius 3 is 2.58 bits per heavy atom. The van der Waals surface area contributed by atoms with Gasteiger partial charge in [-0.3, -0.25) is 0 Å². The van der Waals surface area contributed by atoms with E-state index in [2.05, 4.69) is 46.0 Å². The summed E-state index contributed by atoms with van der Waals surface area (Å²) in [6.07, 6.45) is 3.82. The highest BCUT2D eigenvalue weighted by atomic mass is 32.2. The van der Waals surface area contributed by atoms with Crippen LogP contribution in [0.15, 0.2) is 45.9 Å².